The number of aromatic nitrogens is 1. The normalized spacial score (nSPS) is 11.7. The molecule has 7 nitrogen and oxygen atoms in total. The molecule has 0 aliphatic heterocycles. The summed E-state index contributed by atoms with van der Waals surface area (Å²) in [5.41, 5.74) is 0.565. The Hall–Kier alpha value is -1.48. The monoisotopic (exact) mass is 333 g/mol. The first-order chi connectivity index (χ1) is 10.0. The zero-order chi connectivity index (χ0) is 15.7. The fourth-order valence-corrected chi connectivity index (χ4v) is 2.68. The SMILES string of the molecule is CCOC(=O)Cc1csc(NC(=O)NCCCS(C)=O)n1. The van der Waals surface area contributed by atoms with Crippen LogP contribution in [-0.4, -0.2) is 46.4 Å². The van der Waals surface area contributed by atoms with Crippen molar-refractivity contribution < 1.29 is 18.5 Å². The predicted octanol–water partition coefficient (Wildman–Crippen LogP) is 1.14. The van der Waals surface area contributed by atoms with E-state index in [-0.39, 0.29) is 18.4 Å². The van der Waals surface area contributed by atoms with E-state index in [9.17, 15) is 13.8 Å². The van der Waals surface area contributed by atoms with E-state index in [0.717, 1.165) is 0 Å². The third-order valence-corrected chi connectivity index (χ3v) is 3.97. The zero-order valence-corrected chi connectivity index (χ0v) is 13.6. The zero-order valence-electron chi connectivity index (χ0n) is 12.0. The summed E-state index contributed by atoms with van der Waals surface area (Å²) in [7, 11) is -0.848. The number of thiazole rings is 1. The highest BCUT2D eigenvalue weighted by Gasteiger charge is 2.10. The van der Waals surface area contributed by atoms with Gasteiger partial charge in [0.2, 0.25) is 0 Å². The van der Waals surface area contributed by atoms with Gasteiger partial charge in [0, 0.05) is 34.7 Å². The summed E-state index contributed by atoms with van der Waals surface area (Å²) in [6, 6.07) is -0.367. The number of hydrogen-bond acceptors (Lipinski definition) is 6. The van der Waals surface area contributed by atoms with Crippen molar-refractivity contribution in [2.24, 2.45) is 0 Å². The van der Waals surface area contributed by atoms with Crippen LogP contribution in [0.3, 0.4) is 0 Å². The fourth-order valence-electron chi connectivity index (χ4n) is 1.42. The van der Waals surface area contributed by atoms with Crippen molar-refractivity contribution in [3.05, 3.63) is 11.1 Å². The van der Waals surface area contributed by atoms with Crippen molar-refractivity contribution >= 4 is 39.3 Å². The molecular formula is C12H19N3O4S2. The van der Waals surface area contributed by atoms with Crippen LogP contribution in [0, 0.1) is 0 Å². The molecule has 1 aromatic heterocycles. The minimum absolute atomic E-state index is 0.0932. The van der Waals surface area contributed by atoms with Gasteiger partial charge in [-0.1, -0.05) is 0 Å². The van der Waals surface area contributed by atoms with Gasteiger partial charge in [-0.05, 0) is 13.3 Å². The summed E-state index contributed by atoms with van der Waals surface area (Å²) in [5, 5.41) is 7.36. The third-order valence-electron chi connectivity index (χ3n) is 2.30. The van der Waals surface area contributed by atoms with E-state index in [0.29, 0.717) is 36.2 Å². The molecule has 0 aromatic carbocycles. The summed E-state index contributed by atoms with van der Waals surface area (Å²) in [5.74, 6) is 0.215. The summed E-state index contributed by atoms with van der Waals surface area (Å²) in [4.78, 5) is 27.0. The maximum Gasteiger partial charge on any atom is 0.321 e. The van der Waals surface area contributed by atoms with Gasteiger partial charge in [0.1, 0.15) is 0 Å². The Labute approximate surface area is 129 Å². The van der Waals surface area contributed by atoms with Crippen LogP contribution in [-0.2, 0) is 26.8 Å². The molecule has 1 atom stereocenters. The molecule has 2 amide bonds. The molecule has 118 valence electrons. The number of ether oxygens (including phenoxy) is 1. The summed E-state index contributed by atoms with van der Waals surface area (Å²) >= 11 is 1.24. The molecule has 1 rings (SSSR count). The predicted molar refractivity (Wildman–Crippen MR) is 83.0 cm³/mol. The lowest BCUT2D eigenvalue weighted by molar-refractivity contribution is -0.142. The molecule has 2 N–H and O–H groups in total. The van der Waals surface area contributed by atoms with E-state index >= 15 is 0 Å². The van der Waals surface area contributed by atoms with E-state index in [1.165, 1.54) is 11.3 Å². The highest BCUT2D eigenvalue weighted by molar-refractivity contribution is 7.84. The lowest BCUT2D eigenvalue weighted by atomic mass is 10.3. The second-order valence-electron chi connectivity index (χ2n) is 4.14. The Morgan fingerprint density at radius 1 is 1.48 bits per heavy atom. The smallest absolute Gasteiger partial charge is 0.321 e. The van der Waals surface area contributed by atoms with Gasteiger partial charge in [-0.25, -0.2) is 9.78 Å². The number of anilines is 1. The number of carbonyl (C=O) groups is 2. The van der Waals surface area contributed by atoms with Crippen LogP contribution in [0.25, 0.3) is 0 Å². The first-order valence-electron chi connectivity index (χ1n) is 6.46. The van der Waals surface area contributed by atoms with Gasteiger partial charge in [-0.3, -0.25) is 14.3 Å². The number of rotatable bonds is 8. The van der Waals surface area contributed by atoms with Crippen LogP contribution in [0.1, 0.15) is 19.0 Å². The minimum atomic E-state index is -0.848. The first kappa shape index (κ1) is 17.6. The van der Waals surface area contributed by atoms with Crippen LogP contribution in [0.2, 0.25) is 0 Å². The molecule has 0 radical (unpaired) electrons. The van der Waals surface area contributed by atoms with Crippen LogP contribution < -0.4 is 10.6 Å². The topological polar surface area (TPSA) is 97.4 Å². The van der Waals surface area contributed by atoms with Crippen LogP contribution >= 0.6 is 11.3 Å². The molecule has 0 spiro atoms. The number of esters is 1. The maximum atomic E-state index is 11.6. The second kappa shape index (κ2) is 9.46. The van der Waals surface area contributed by atoms with Crippen molar-refractivity contribution in [1.82, 2.24) is 10.3 Å². The molecule has 21 heavy (non-hydrogen) atoms. The molecule has 0 saturated carbocycles. The van der Waals surface area contributed by atoms with E-state index < -0.39 is 10.8 Å². The van der Waals surface area contributed by atoms with E-state index in [4.69, 9.17) is 4.74 Å². The molecule has 1 unspecified atom stereocenters. The Bertz CT molecular complexity index is 504. The average molecular weight is 333 g/mol. The third kappa shape index (κ3) is 7.76. The number of nitrogens with one attached hydrogen (secondary N) is 2. The van der Waals surface area contributed by atoms with E-state index in [1.807, 2.05) is 0 Å². The number of carbonyl (C=O) groups excluding carboxylic acids is 2. The standard InChI is InChI=1S/C12H19N3O4S2/c1-3-19-10(16)7-9-8-20-12(14-9)15-11(17)13-5-4-6-21(2)18/h8H,3-7H2,1-2H3,(H2,13,14,15,17). The van der Waals surface area contributed by atoms with E-state index in [2.05, 4.69) is 15.6 Å². The van der Waals surface area contributed by atoms with Gasteiger partial charge in [0.25, 0.3) is 0 Å². The highest BCUT2D eigenvalue weighted by Crippen LogP contribution is 2.15. The van der Waals surface area contributed by atoms with Gasteiger partial charge < -0.3 is 10.1 Å². The van der Waals surface area contributed by atoms with Crippen LogP contribution in [0.15, 0.2) is 5.38 Å². The summed E-state index contributed by atoms with van der Waals surface area (Å²) in [6.07, 6.45) is 2.37. The van der Waals surface area contributed by atoms with Crippen LogP contribution in [0.5, 0.6) is 0 Å². The Morgan fingerprint density at radius 3 is 2.90 bits per heavy atom. The van der Waals surface area contributed by atoms with Crippen LogP contribution in [0.4, 0.5) is 9.93 Å². The molecule has 9 heteroatoms. The van der Waals surface area contributed by atoms with Crippen molar-refractivity contribution in [3.63, 3.8) is 0 Å². The Morgan fingerprint density at radius 2 is 2.24 bits per heavy atom. The van der Waals surface area contributed by atoms with Gasteiger partial charge >= 0.3 is 12.0 Å². The molecule has 0 bridgehead atoms. The second-order valence-corrected chi connectivity index (χ2v) is 6.55. The number of hydrogen-bond donors (Lipinski definition) is 2. The van der Waals surface area contributed by atoms with Gasteiger partial charge in [-0.2, -0.15) is 0 Å². The molecular weight excluding hydrogens is 314 g/mol. The molecule has 0 fully saturated rings. The molecule has 1 heterocycles. The maximum absolute atomic E-state index is 11.6. The number of amides is 2. The minimum Gasteiger partial charge on any atom is -0.466 e. The fraction of sp³-hybridized carbons (Fsp3) is 0.583. The van der Waals surface area contributed by atoms with Gasteiger partial charge in [0.15, 0.2) is 5.13 Å². The summed E-state index contributed by atoms with van der Waals surface area (Å²) < 4.78 is 15.7. The quantitative estimate of drug-likeness (QED) is 0.549. The molecule has 0 aliphatic carbocycles. The first-order valence-corrected chi connectivity index (χ1v) is 9.06. The lowest BCUT2D eigenvalue weighted by Gasteiger charge is -2.04. The van der Waals surface area contributed by atoms with Crippen molar-refractivity contribution in [1.29, 1.82) is 0 Å². The lowest BCUT2D eigenvalue weighted by Crippen LogP contribution is -2.30. The number of urea groups is 1. The molecule has 1 aromatic rings. The number of nitrogens with zero attached hydrogens (tertiary/aromatic N) is 1. The average Bonchev–Trinajstić information content (AvgIpc) is 2.82. The van der Waals surface area contributed by atoms with Gasteiger partial charge in [0.05, 0.1) is 18.7 Å². The molecule has 0 saturated heterocycles. The highest BCUT2D eigenvalue weighted by atomic mass is 32.2. The van der Waals surface area contributed by atoms with E-state index in [1.54, 1.807) is 18.6 Å². The summed E-state index contributed by atoms with van der Waals surface area (Å²) in [6.45, 7) is 2.52. The van der Waals surface area contributed by atoms with Crippen molar-refractivity contribution in [3.8, 4) is 0 Å². The largest absolute Gasteiger partial charge is 0.466 e. The Kier molecular flexibility index (Phi) is 7.91. The van der Waals surface area contributed by atoms with Crippen molar-refractivity contribution in [2.75, 3.05) is 30.5 Å². The van der Waals surface area contributed by atoms with Gasteiger partial charge in [-0.15, -0.1) is 11.3 Å². The van der Waals surface area contributed by atoms with Crippen molar-refractivity contribution in [2.45, 2.75) is 19.8 Å². The molecule has 0 aliphatic rings. The Balaban J connectivity index is 2.31.